The summed E-state index contributed by atoms with van der Waals surface area (Å²) in [6.45, 7) is 0.517. The molecule has 0 unspecified atom stereocenters. The molecule has 1 aromatic heterocycles. The summed E-state index contributed by atoms with van der Waals surface area (Å²) in [5.74, 6) is -0.231. The SMILES string of the molecule is O=C(Cc1ccc(NC(=O)c2ccc(Br)o2)cc1)NCCCO. The Morgan fingerprint density at radius 2 is 1.87 bits per heavy atom. The molecule has 3 N–H and O–H groups in total. The van der Waals surface area contributed by atoms with E-state index in [1.54, 1.807) is 36.4 Å². The number of furan rings is 1. The van der Waals surface area contributed by atoms with Gasteiger partial charge in [-0.15, -0.1) is 0 Å². The highest BCUT2D eigenvalue weighted by molar-refractivity contribution is 9.10. The second kappa shape index (κ2) is 8.50. The number of aliphatic hydroxyl groups is 1. The number of nitrogens with one attached hydrogen (secondary N) is 2. The Hall–Kier alpha value is -2.12. The van der Waals surface area contributed by atoms with Gasteiger partial charge in [-0.05, 0) is 52.2 Å². The molecule has 23 heavy (non-hydrogen) atoms. The summed E-state index contributed by atoms with van der Waals surface area (Å²) in [7, 11) is 0. The van der Waals surface area contributed by atoms with Crippen LogP contribution in [0.15, 0.2) is 45.5 Å². The molecule has 122 valence electrons. The van der Waals surface area contributed by atoms with Gasteiger partial charge in [0.15, 0.2) is 10.4 Å². The Morgan fingerprint density at radius 3 is 2.48 bits per heavy atom. The Morgan fingerprint density at radius 1 is 1.13 bits per heavy atom. The quantitative estimate of drug-likeness (QED) is 0.642. The summed E-state index contributed by atoms with van der Waals surface area (Å²) in [6.07, 6.45) is 0.796. The third-order valence-corrected chi connectivity index (χ3v) is 3.46. The van der Waals surface area contributed by atoms with Crippen molar-refractivity contribution in [2.45, 2.75) is 12.8 Å². The first-order valence-electron chi connectivity index (χ1n) is 7.11. The van der Waals surface area contributed by atoms with Crippen molar-refractivity contribution in [1.82, 2.24) is 5.32 Å². The van der Waals surface area contributed by atoms with Crippen molar-refractivity contribution in [2.75, 3.05) is 18.5 Å². The van der Waals surface area contributed by atoms with Crippen LogP contribution >= 0.6 is 15.9 Å². The number of anilines is 1. The van der Waals surface area contributed by atoms with E-state index in [0.29, 0.717) is 23.3 Å². The van der Waals surface area contributed by atoms with Gasteiger partial charge in [0.25, 0.3) is 5.91 Å². The second-order valence-electron chi connectivity index (χ2n) is 4.86. The van der Waals surface area contributed by atoms with Crippen LogP contribution in [0.2, 0.25) is 0 Å². The van der Waals surface area contributed by atoms with Crippen LogP contribution in [-0.2, 0) is 11.2 Å². The molecule has 1 heterocycles. The highest BCUT2D eigenvalue weighted by Gasteiger charge is 2.10. The van der Waals surface area contributed by atoms with E-state index in [1.807, 2.05) is 0 Å². The van der Waals surface area contributed by atoms with Gasteiger partial charge in [-0.2, -0.15) is 0 Å². The Kier molecular flexibility index (Phi) is 6.37. The Bertz CT molecular complexity index is 667. The van der Waals surface area contributed by atoms with Gasteiger partial charge in [0.05, 0.1) is 6.42 Å². The average Bonchev–Trinajstić information content (AvgIpc) is 2.96. The Labute approximate surface area is 142 Å². The zero-order chi connectivity index (χ0) is 16.7. The highest BCUT2D eigenvalue weighted by Crippen LogP contribution is 2.16. The molecule has 0 aliphatic rings. The summed E-state index contributed by atoms with van der Waals surface area (Å²) < 4.78 is 5.67. The number of hydrogen-bond acceptors (Lipinski definition) is 4. The molecular formula is C16H17BrN2O4. The monoisotopic (exact) mass is 380 g/mol. The lowest BCUT2D eigenvalue weighted by Crippen LogP contribution is -2.26. The van der Waals surface area contributed by atoms with E-state index in [2.05, 4.69) is 26.6 Å². The molecule has 0 saturated carbocycles. The molecule has 0 aliphatic heterocycles. The molecule has 2 amide bonds. The summed E-state index contributed by atoms with van der Waals surface area (Å²) in [5.41, 5.74) is 1.46. The lowest BCUT2D eigenvalue weighted by molar-refractivity contribution is -0.120. The van der Waals surface area contributed by atoms with E-state index in [0.717, 1.165) is 5.56 Å². The zero-order valence-electron chi connectivity index (χ0n) is 12.3. The van der Waals surface area contributed by atoms with Crippen LogP contribution in [0.4, 0.5) is 5.69 Å². The number of hydrogen-bond donors (Lipinski definition) is 3. The van der Waals surface area contributed by atoms with Crippen molar-refractivity contribution in [2.24, 2.45) is 0 Å². The standard InChI is InChI=1S/C16H17BrN2O4/c17-14-7-6-13(23-14)16(22)19-12-4-2-11(3-5-12)10-15(21)18-8-1-9-20/h2-7,20H,1,8-10H2,(H,18,21)(H,19,22). The van der Waals surface area contributed by atoms with E-state index < -0.39 is 0 Å². The van der Waals surface area contributed by atoms with Crippen LogP contribution in [0.1, 0.15) is 22.5 Å². The molecule has 7 heteroatoms. The van der Waals surface area contributed by atoms with Crippen LogP contribution in [0.3, 0.4) is 0 Å². The third-order valence-electron chi connectivity index (χ3n) is 3.03. The fraction of sp³-hybridized carbons (Fsp3) is 0.250. The van der Waals surface area contributed by atoms with Crippen molar-refractivity contribution in [3.63, 3.8) is 0 Å². The lowest BCUT2D eigenvalue weighted by atomic mass is 10.1. The summed E-state index contributed by atoms with van der Waals surface area (Å²) in [6, 6.07) is 10.2. The van der Waals surface area contributed by atoms with Crippen LogP contribution < -0.4 is 10.6 Å². The van der Waals surface area contributed by atoms with Gasteiger partial charge in [0.1, 0.15) is 0 Å². The number of benzene rings is 1. The van der Waals surface area contributed by atoms with Crippen LogP contribution in [0, 0.1) is 0 Å². The van der Waals surface area contributed by atoms with Gasteiger partial charge in [0, 0.05) is 18.8 Å². The second-order valence-corrected chi connectivity index (χ2v) is 5.64. The third kappa shape index (κ3) is 5.54. The molecule has 0 aliphatic carbocycles. The van der Waals surface area contributed by atoms with Gasteiger partial charge in [-0.3, -0.25) is 9.59 Å². The number of carbonyl (C=O) groups is 2. The van der Waals surface area contributed by atoms with E-state index in [9.17, 15) is 9.59 Å². The van der Waals surface area contributed by atoms with Crippen LogP contribution in [0.25, 0.3) is 0 Å². The van der Waals surface area contributed by atoms with E-state index >= 15 is 0 Å². The number of amides is 2. The number of rotatable bonds is 7. The van der Waals surface area contributed by atoms with Crippen molar-refractivity contribution >= 4 is 33.4 Å². The van der Waals surface area contributed by atoms with Crippen molar-refractivity contribution in [3.05, 3.63) is 52.4 Å². The maximum Gasteiger partial charge on any atom is 0.291 e. The lowest BCUT2D eigenvalue weighted by Gasteiger charge is -2.06. The van der Waals surface area contributed by atoms with Crippen molar-refractivity contribution in [3.8, 4) is 0 Å². The maximum absolute atomic E-state index is 11.9. The molecule has 0 saturated heterocycles. The molecule has 0 radical (unpaired) electrons. The van der Waals surface area contributed by atoms with Gasteiger partial charge >= 0.3 is 0 Å². The first-order chi connectivity index (χ1) is 11.1. The van der Waals surface area contributed by atoms with E-state index in [1.165, 1.54) is 0 Å². The highest BCUT2D eigenvalue weighted by atomic mass is 79.9. The summed E-state index contributed by atoms with van der Waals surface area (Å²) >= 11 is 3.14. The van der Waals surface area contributed by atoms with Gasteiger partial charge < -0.3 is 20.2 Å². The minimum absolute atomic E-state index is 0.0565. The first kappa shape index (κ1) is 17.2. The smallest absolute Gasteiger partial charge is 0.291 e. The summed E-state index contributed by atoms with van der Waals surface area (Å²) in [5, 5.41) is 14.1. The van der Waals surface area contributed by atoms with E-state index in [4.69, 9.17) is 9.52 Å². The maximum atomic E-state index is 11.9. The molecule has 6 nitrogen and oxygen atoms in total. The number of halogens is 1. The molecule has 1 aromatic carbocycles. The minimum Gasteiger partial charge on any atom is -0.444 e. The molecule has 0 bridgehead atoms. The van der Waals surface area contributed by atoms with Crippen LogP contribution in [-0.4, -0.2) is 30.1 Å². The normalized spacial score (nSPS) is 10.3. The molecule has 0 fully saturated rings. The fourth-order valence-corrected chi connectivity index (χ4v) is 2.20. The minimum atomic E-state index is -0.342. The zero-order valence-corrected chi connectivity index (χ0v) is 13.9. The van der Waals surface area contributed by atoms with Gasteiger partial charge in [0.2, 0.25) is 5.91 Å². The fourth-order valence-electron chi connectivity index (χ4n) is 1.89. The van der Waals surface area contributed by atoms with Crippen molar-refractivity contribution < 1.29 is 19.1 Å². The summed E-state index contributed by atoms with van der Waals surface area (Å²) in [4.78, 5) is 23.6. The largest absolute Gasteiger partial charge is 0.444 e. The molecule has 0 spiro atoms. The number of aliphatic hydroxyl groups excluding tert-OH is 1. The predicted octanol–water partition coefficient (Wildman–Crippen LogP) is 2.34. The van der Waals surface area contributed by atoms with Crippen molar-refractivity contribution in [1.29, 1.82) is 0 Å². The number of carbonyl (C=O) groups excluding carboxylic acids is 2. The van der Waals surface area contributed by atoms with Gasteiger partial charge in [-0.1, -0.05) is 12.1 Å². The first-order valence-corrected chi connectivity index (χ1v) is 7.91. The molecule has 2 aromatic rings. The topological polar surface area (TPSA) is 91.6 Å². The molecule has 0 atom stereocenters. The van der Waals surface area contributed by atoms with Crippen LogP contribution in [0.5, 0.6) is 0 Å². The predicted molar refractivity (Wildman–Crippen MR) is 89.2 cm³/mol. The molecule has 2 rings (SSSR count). The van der Waals surface area contributed by atoms with Gasteiger partial charge in [-0.25, -0.2) is 0 Å². The Balaban J connectivity index is 1.87. The average molecular weight is 381 g/mol. The molecular weight excluding hydrogens is 364 g/mol. The van der Waals surface area contributed by atoms with E-state index in [-0.39, 0.29) is 30.6 Å².